The van der Waals surface area contributed by atoms with Crippen molar-refractivity contribution in [3.05, 3.63) is 48.2 Å². The van der Waals surface area contributed by atoms with Crippen LogP contribution in [-0.2, 0) is 0 Å². The first-order valence-electron chi connectivity index (χ1n) is 10.5. The minimum absolute atomic E-state index is 0.0974. The average molecular weight is 380 g/mol. The smallest absolute Gasteiger partial charge is 0.272 e. The zero-order chi connectivity index (χ0) is 19.2. The summed E-state index contributed by atoms with van der Waals surface area (Å²) >= 11 is 0. The lowest BCUT2D eigenvalue weighted by Crippen LogP contribution is -2.47. The lowest BCUT2D eigenvalue weighted by atomic mass is 10.1. The first-order chi connectivity index (χ1) is 13.8. The van der Waals surface area contributed by atoms with Gasteiger partial charge in [0.15, 0.2) is 11.5 Å². The van der Waals surface area contributed by atoms with Crippen molar-refractivity contribution in [3.8, 4) is 0 Å². The molecule has 1 saturated heterocycles. The Morgan fingerprint density at radius 3 is 2.14 bits per heavy atom. The van der Waals surface area contributed by atoms with Crippen LogP contribution >= 0.6 is 0 Å². The highest BCUT2D eigenvalue weighted by molar-refractivity contribution is 5.92. The number of rotatable bonds is 4. The third-order valence-electron chi connectivity index (χ3n) is 5.80. The number of para-hydroxylation sites is 1. The Labute approximate surface area is 166 Å². The molecule has 0 spiro atoms. The summed E-state index contributed by atoms with van der Waals surface area (Å²) < 4.78 is 0. The quantitative estimate of drug-likeness (QED) is 0.827. The van der Waals surface area contributed by atoms with Gasteiger partial charge in [-0.3, -0.25) is 4.79 Å². The van der Waals surface area contributed by atoms with Gasteiger partial charge in [-0.2, -0.15) is 0 Å². The highest BCUT2D eigenvalue weighted by Gasteiger charge is 2.20. The van der Waals surface area contributed by atoms with E-state index in [1.807, 2.05) is 12.1 Å². The highest BCUT2D eigenvalue weighted by atomic mass is 16.2. The van der Waals surface area contributed by atoms with Crippen LogP contribution in [0.4, 0.5) is 11.5 Å². The molecule has 0 unspecified atom stereocenters. The van der Waals surface area contributed by atoms with Crippen LogP contribution in [0.25, 0.3) is 0 Å². The SMILES string of the molecule is O=C(NC1CCCCCC1)c1ccc(N2CCN(c3ccccc3)CC2)nn1. The third-order valence-corrected chi connectivity index (χ3v) is 5.80. The standard InChI is InChI=1S/C22H29N5O/c28-22(23-18-8-4-1-2-5-9-18)20-12-13-21(25-24-20)27-16-14-26(15-17-27)19-10-6-3-7-11-19/h3,6-7,10-13,18H,1-2,4-5,8-9,14-17H2,(H,23,28). The van der Waals surface area contributed by atoms with Crippen LogP contribution in [0.15, 0.2) is 42.5 Å². The molecule has 6 nitrogen and oxygen atoms in total. The van der Waals surface area contributed by atoms with Crippen molar-refractivity contribution in [1.82, 2.24) is 15.5 Å². The molecule has 2 aromatic rings. The van der Waals surface area contributed by atoms with Crippen molar-refractivity contribution in [2.45, 2.75) is 44.6 Å². The Kier molecular flexibility index (Phi) is 6.04. The molecule has 0 radical (unpaired) electrons. The molecular formula is C22H29N5O. The molecule has 1 N–H and O–H groups in total. The maximum atomic E-state index is 12.5. The molecule has 2 fully saturated rings. The average Bonchev–Trinajstić information content (AvgIpc) is 3.03. The second kappa shape index (κ2) is 9.04. The van der Waals surface area contributed by atoms with E-state index in [0.717, 1.165) is 44.8 Å². The zero-order valence-electron chi connectivity index (χ0n) is 16.4. The molecule has 0 bridgehead atoms. The van der Waals surface area contributed by atoms with Crippen LogP contribution < -0.4 is 15.1 Å². The van der Waals surface area contributed by atoms with Gasteiger partial charge < -0.3 is 15.1 Å². The first-order valence-corrected chi connectivity index (χ1v) is 10.5. The van der Waals surface area contributed by atoms with Gasteiger partial charge in [0.25, 0.3) is 5.91 Å². The largest absolute Gasteiger partial charge is 0.368 e. The summed E-state index contributed by atoms with van der Waals surface area (Å²) in [4.78, 5) is 17.1. The summed E-state index contributed by atoms with van der Waals surface area (Å²) in [6, 6.07) is 14.5. The Morgan fingerprint density at radius 2 is 1.50 bits per heavy atom. The number of amides is 1. The predicted molar refractivity (Wildman–Crippen MR) is 112 cm³/mol. The fourth-order valence-electron chi connectivity index (χ4n) is 4.13. The maximum Gasteiger partial charge on any atom is 0.272 e. The zero-order valence-corrected chi connectivity index (χ0v) is 16.4. The van der Waals surface area contributed by atoms with E-state index in [1.54, 1.807) is 6.07 Å². The predicted octanol–water partition coefficient (Wildman–Crippen LogP) is 3.26. The summed E-state index contributed by atoms with van der Waals surface area (Å²) in [6.07, 6.45) is 7.09. The van der Waals surface area contributed by atoms with Crippen LogP contribution in [0, 0.1) is 0 Å². The van der Waals surface area contributed by atoms with Gasteiger partial charge in [0.05, 0.1) is 0 Å². The summed E-state index contributed by atoms with van der Waals surface area (Å²) in [5, 5.41) is 11.7. The van der Waals surface area contributed by atoms with Crippen LogP contribution in [0.2, 0.25) is 0 Å². The van der Waals surface area contributed by atoms with Crippen molar-refractivity contribution in [1.29, 1.82) is 0 Å². The minimum atomic E-state index is -0.0974. The van der Waals surface area contributed by atoms with Crippen LogP contribution in [0.1, 0.15) is 49.0 Å². The summed E-state index contributed by atoms with van der Waals surface area (Å²) in [7, 11) is 0. The second-order valence-electron chi connectivity index (χ2n) is 7.75. The number of nitrogens with one attached hydrogen (secondary N) is 1. The number of benzene rings is 1. The minimum Gasteiger partial charge on any atom is -0.368 e. The monoisotopic (exact) mass is 379 g/mol. The van der Waals surface area contributed by atoms with E-state index in [0.29, 0.717) is 5.69 Å². The van der Waals surface area contributed by atoms with E-state index in [1.165, 1.54) is 31.4 Å². The second-order valence-corrected chi connectivity index (χ2v) is 7.75. The van der Waals surface area contributed by atoms with Gasteiger partial charge in [0.1, 0.15) is 0 Å². The molecule has 148 valence electrons. The van der Waals surface area contributed by atoms with Crippen LogP contribution in [0.3, 0.4) is 0 Å². The Balaban J connectivity index is 1.31. The fourth-order valence-corrected chi connectivity index (χ4v) is 4.13. The molecule has 28 heavy (non-hydrogen) atoms. The van der Waals surface area contributed by atoms with Gasteiger partial charge in [-0.15, -0.1) is 10.2 Å². The van der Waals surface area contributed by atoms with Crippen molar-refractivity contribution in [2.75, 3.05) is 36.0 Å². The van der Waals surface area contributed by atoms with Crippen molar-refractivity contribution < 1.29 is 4.79 Å². The maximum absolute atomic E-state index is 12.5. The first kappa shape index (κ1) is 18.7. The molecule has 1 aliphatic heterocycles. The fraction of sp³-hybridized carbons (Fsp3) is 0.500. The van der Waals surface area contributed by atoms with Gasteiger partial charge in [-0.1, -0.05) is 43.9 Å². The number of hydrogen-bond acceptors (Lipinski definition) is 5. The number of nitrogens with zero attached hydrogens (tertiary/aromatic N) is 4. The topological polar surface area (TPSA) is 61.4 Å². The third kappa shape index (κ3) is 4.61. The Morgan fingerprint density at radius 1 is 0.821 bits per heavy atom. The van der Waals surface area contributed by atoms with Gasteiger partial charge >= 0.3 is 0 Å². The van der Waals surface area contributed by atoms with E-state index in [4.69, 9.17) is 0 Å². The molecule has 0 atom stereocenters. The van der Waals surface area contributed by atoms with E-state index in [-0.39, 0.29) is 11.9 Å². The van der Waals surface area contributed by atoms with Crippen LogP contribution in [-0.4, -0.2) is 48.3 Å². The Bertz CT molecular complexity index is 748. The molecule has 1 saturated carbocycles. The van der Waals surface area contributed by atoms with E-state index < -0.39 is 0 Å². The number of carbonyl (C=O) groups excluding carboxylic acids is 1. The van der Waals surface area contributed by atoms with Gasteiger partial charge in [0, 0.05) is 37.9 Å². The van der Waals surface area contributed by atoms with E-state index in [9.17, 15) is 4.79 Å². The molecule has 2 heterocycles. The molecule has 1 aromatic heterocycles. The van der Waals surface area contributed by atoms with Crippen molar-refractivity contribution in [2.24, 2.45) is 0 Å². The normalized spacial score (nSPS) is 18.6. The van der Waals surface area contributed by atoms with Crippen molar-refractivity contribution >= 4 is 17.4 Å². The van der Waals surface area contributed by atoms with Crippen molar-refractivity contribution in [3.63, 3.8) is 0 Å². The number of piperazine rings is 1. The molecule has 1 amide bonds. The molecule has 4 rings (SSSR count). The number of aromatic nitrogens is 2. The highest BCUT2D eigenvalue weighted by Crippen LogP contribution is 2.19. The summed E-state index contributed by atoms with van der Waals surface area (Å²) in [6.45, 7) is 3.71. The van der Waals surface area contributed by atoms with E-state index in [2.05, 4.69) is 49.6 Å². The summed E-state index contributed by atoms with van der Waals surface area (Å²) in [5.74, 6) is 0.749. The van der Waals surface area contributed by atoms with E-state index >= 15 is 0 Å². The molecular weight excluding hydrogens is 350 g/mol. The molecule has 1 aromatic carbocycles. The molecule has 6 heteroatoms. The number of carbonyl (C=O) groups is 1. The Hall–Kier alpha value is -2.63. The number of hydrogen-bond donors (Lipinski definition) is 1. The lowest BCUT2D eigenvalue weighted by Gasteiger charge is -2.36. The summed E-state index contributed by atoms with van der Waals surface area (Å²) in [5.41, 5.74) is 1.68. The van der Waals surface area contributed by atoms with Gasteiger partial charge in [0.2, 0.25) is 0 Å². The number of anilines is 2. The lowest BCUT2D eigenvalue weighted by molar-refractivity contribution is 0.0927. The van der Waals surface area contributed by atoms with Gasteiger partial charge in [-0.05, 0) is 37.1 Å². The van der Waals surface area contributed by atoms with Gasteiger partial charge in [-0.25, -0.2) is 0 Å². The molecule has 2 aliphatic rings. The molecule has 1 aliphatic carbocycles. The van der Waals surface area contributed by atoms with Crippen LogP contribution in [0.5, 0.6) is 0 Å².